The number of hydrogen-bond acceptors (Lipinski definition) is 7. The Labute approximate surface area is 107 Å². The molecule has 1 saturated heterocycles. The van der Waals surface area contributed by atoms with Gasteiger partial charge in [-0.05, 0) is 0 Å². The highest BCUT2D eigenvalue weighted by Gasteiger charge is 2.10. The van der Waals surface area contributed by atoms with E-state index in [0.29, 0.717) is 17.3 Å². The molecule has 1 aliphatic heterocycles. The Morgan fingerprint density at radius 3 is 2.78 bits per heavy atom. The van der Waals surface area contributed by atoms with Gasteiger partial charge >= 0.3 is 0 Å². The predicted octanol–water partition coefficient (Wildman–Crippen LogP) is -0.155. The van der Waals surface area contributed by atoms with Crippen molar-refractivity contribution in [1.82, 2.24) is 14.9 Å². The number of ether oxygens (including phenoxy) is 1. The lowest BCUT2D eigenvalue weighted by atomic mass is 10.4. The largest absolute Gasteiger partial charge is 0.393 e. The maximum absolute atomic E-state index is 5.93. The molecule has 1 aromatic rings. The van der Waals surface area contributed by atoms with E-state index >= 15 is 0 Å². The van der Waals surface area contributed by atoms with E-state index < -0.39 is 0 Å². The average Bonchev–Trinajstić information content (AvgIpc) is 2.42. The standard InChI is InChI=1S/C11H20N6O/c1-13-10-9(12)11(16-8-15-10)14-2-3-17-4-6-18-7-5-17/h8H,2-7,12H2,1H3,(H2,13,14,15,16). The quantitative estimate of drug-likeness (QED) is 0.671. The van der Waals surface area contributed by atoms with E-state index in [-0.39, 0.29) is 0 Å². The van der Waals surface area contributed by atoms with Crippen LogP contribution in [-0.4, -0.2) is 61.3 Å². The van der Waals surface area contributed by atoms with Crippen molar-refractivity contribution in [3.63, 3.8) is 0 Å². The molecule has 0 amide bonds. The number of anilines is 3. The SMILES string of the molecule is CNc1ncnc(NCCN2CCOCC2)c1N. The van der Waals surface area contributed by atoms with Crippen molar-refractivity contribution in [2.45, 2.75) is 0 Å². The smallest absolute Gasteiger partial charge is 0.154 e. The molecule has 0 unspecified atom stereocenters. The van der Waals surface area contributed by atoms with Gasteiger partial charge in [0, 0.05) is 33.2 Å². The third-order valence-electron chi connectivity index (χ3n) is 2.94. The van der Waals surface area contributed by atoms with Crippen LogP contribution in [-0.2, 0) is 4.74 Å². The van der Waals surface area contributed by atoms with Gasteiger partial charge in [0.15, 0.2) is 11.6 Å². The van der Waals surface area contributed by atoms with Gasteiger partial charge in [-0.25, -0.2) is 9.97 Å². The molecule has 4 N–H and O–H groups in total. The number of hydrogen-bond donors (Lipinski definition) is 3. The van der Waals surface area contributed by atoms with Gasteiger partial charge in [0.05, 0.1) is 13.2 Å². The first-order valence-electron chi connectivity index (χ1n) is 6.13. The highest BCUT2D eigenvalue weighted by atomic mass is 16.5. The third-order valence-corrected chi connectivity index (χ3v) is 2.94. The first-order chi connectivity index (χ1) is 8.81. The van der Waals surface area contributed by atoms with Crippen LogP contribution in [0.2, 0.25) is 0 Å². The van der Waals surface area contributed by atoms with Gasteiger partial charge in [-0.1, -0.05) is 0 Å². The van der Waals surface area contributed by atoms with Crippen molar-refractivity contribution < 1.29 is 4.74 Å². The van der Waals surface area contributed by atoms with Crippen molar-refractivity contribution in [3.05, 3.63) is 6.33 Å². The van der Waals surface area contributed by atoms with Crippen LogP contribution in [0.15, 0.2) is 6.33 Å². The van der Waals surface area contributed by atoms with Crippen molar-refractivity contribution in [1.29, 1.82) is 0 Å². The summed E-state index contributed by atoms with van der Waals surface area (Å²) >= 11 is 0. The molecule has 18 heavy (non-hydrogen) atoms. The molecule has 1 aliphatic rings. The van der Waals surface area contributed by atoms with E-state index in [2.05, 4.69) is 25.5 Å². The summed E-state index contributed by atoms with van der Waals surface area (Å²) in [5.41, 5.74) is 6.49. The molecule has 100 valence electrons. The van der Waals surface area contributed by atoms with E-state index in [4.69, 9.17) is 10.5 Å². The van der Waals surface area contributed by atoms with Crippen LogP contribution in [0.1, 0.15) is 0 Å². The molecule has 7 heteroatoms. The lowest BCUT2D eigenvalue weighted by Crippen LogP contribution is -2.39. The Hall–Kier alpha value is -1.60. The second-order valence-corrected chi connectivity index (χ2v) is 4.12. The maximum atomic E-state index is 5.93. The number of morpholine rings is 1. The number of rotatable bonds is 5. The highest BCUT2D eigenvalue weighted by Crippen LogP contribution is 2.21. The first kappa shape index (κ1) is 12.8. The summed E-state index contributed by atoms with van der Waals surface area (Å²) < 4.78 is 5.30. The number of nitrogens with two attached hydrogens (primary N) is 1. The summed E-state index contributed by atoms with van der Waals surface area (Å²) in [6, 6.07) is 0. The molecule has 0 atom stereocenters. The lowest BCUT2D eigenvalue weighted by Gasteiger charge is -2.26. The van der Waals surface area contributed by atoms with Crippen LogP contribution < -0.4 is 16.4 Å². The lowest BCUT2D eigenvalue weighted by molar-refractivity contribution is 0.0398. The average molecular weight is 252 g/mol. The molecule has 0 aromatic carbocycles. The molecule has 0 saturated carbocycles. The van der Waals surface area contributed by atoms with Gasteiger partial charge in [-0.3, -0.25) is 4.90 Å². The Kier molecular flexibility index (Phi) is 4.54. The monoisotopic (exact) mass is 252 g/mol. The molecular formula is C11H20N6O. The van der Waals surface area contributed by atoms with Gasteiger partial charge < -0.3 is 21.1 Å². The number of nitrogens with zero attached hydrogens (tertiary/aromatic N) is 3. The van der Waals surface area contributed by atoms with Crippen LogP contribution in [0.3, 0.4) is 0 Å². The predicted molar refractivity (Wildman–Crippen MR) is 71.7 cm³/mol. The van der Waals surface area contributed by atoms with Crippen LogP contribution >= 0.6 is 0 Å². The molecule has 2 heterocycles. The topological polar surface area (TPSA) is 88.3 Å². The minimum atomic E-state index is 0.557. The second-order valence-electron chi connectivity index (χ2n) is 4.12. The summed E-state index contributed by atoms with van der Waals surface area (Å²) in [6.07, 6.45) is 1.50. The minimum Gasteiger partial charge on any atom is -0.393 e. The Bertz CT molecular complexity index is 380. The molecule has 0 bridgehead atoms. The zero-order valence-corrected chi connectivity index (χ0v) is 10.6. The minimum absolute atomic E-state index is 0.557. The summed E-state index contributed by atoms with van der Waals surface area (Å²) in [5.74, 6) is 1.33. The van der Waals surface area contributed by atoms with Crippen LogP contribution in [0.4, 0.5) is 17.3 Å². The fourth-order valence-corrected chi connectivity index (χ4v) is 1.89. The fourth-order valence-electron chi connectivity index (χ4n) is 1.89. The van der Waals surface area contributed by atoms with Gasteiger partial charge in [-0.2, -0.15) is 0 Å². The molecule has 0 radical (unpaired) electrons. The Morgan fingerprint density at radius 1 is 1.33 bits per heavy atom. The van der Waals surface area contributed by atoms with E-state index in [1.54, 1.807) is 7.05 Å². The van der Waals surface area contributed by atoms with Gasteiger partial charge in [0.25, 0.3) is 0 Å². The first-order valence-corrected chi connectivity index (χ1v) is 6.13. The summed E-state index contributed by atoms with van der Waals surface area (Å²) in [5, 5.41) is 6.17. The van der Waals surface area contributed by atoms with Gasteiger partial charge in [-0.15, -0.1) is 0 Å². The second kappa shape index (κ2) is 6.36. The third kappa shape index (κ3) is 3.21. The number of nitrogens with one attached hydrogen (secondary N) is 2. The Morgan fingerprint density at radius 2 is 2.06 bits per heavy atom. The summed E-state index contributed by atoms with van der Waals surface area (Å²) in [7, 11) is 1.79. The zero-order chi connectivity index (χ0) is 12.8. The maximum Gasteiger partial charge on any atom is 0.154 e. The number of nitrogen functional groups attached to an aromatic ring is 1. The number of aromatic nitrogens is 2. The Balaban J connectivity index is 1.82. The van der Waals surface area contributed by atoms with E-state index in [0.717, 1.165) is 39.4 Å². The van der Waals surface area contributed by atoms with Gasteiger partial charge in [0.2, 0.25) is 0 Å². The normalized spacial score (nSPS) is 16.5. The van der Waals surface area contributed by atoms with Crippen LogP contribution in [0.25, 0.3) is 0 Å². The summed E-state index contributed by atoms with van der Waals surface area (Å²) in [4.78, 5) is 10.5. The molecule has 0 aliphatic carbocycles. The highest BCUT2D eigenvalue weighted by molar-refractivity contribution is 5.73. The fraction of sp³-hybridized carbons (Fsp3) is 0.636. The molecule has 2 rings (SSSR count). The van der Waals surface area contributed by atoms with E-state index in [1.807, 2.05) is 0 Å². The van der Waals surface area contributed by atoms with E-state index in [1.165, 1.54) is 6.33 Å². The van der Waals surface area contributed by atoms with E-state index in [9.17, 15) is 0 Å². The van der Waals surface area contributed by atoms with Crippen molar-refractivity contribution in [3.8, 4) is 0 Å². The molecule has 7 nitrogen and oxygen atoms in total. The molecule has 1 aromatic heterocycles. The molecule has 0 spiro atoms. The summed E-state index contributed by atoms with van der Waals surface area (Å²) in [6.45, 7) is 5.39. The van der Waals surface area contributed by atoms with Crippen LogP contribution in [0, 0.1) is 0 Å². The van der Waals surface area contributed by atoms with Crippen molar-refractivity contribution >= 4 is 17.3 Å². The molecular weight excluding hydrogens is 232 g/mol. The van der Waals surface area contributed by atoms with Crippen molar-refractivity contribution in [2.24, 2.45) is 0 Å². The zero-order valence-electron chi connectivity index (χ0n) is 10.6. The van der Waals surface area contributed by atoms with Gasteiger partial charge in [0.1, 0.15) is 12.0 Å². The molecule has 1 fully saturated rings. The van der Waals surface area contributed by atoms with Crippen LogP contribution in [0.5, 0.6) is 0 Å². The van der Waals surface area contributed by atoms with Crippen molar-refractivity contribution in [2.75, 3.05) is 62.8 Å².